The number of nitrogens with zero attached hydrogens (tertiary/aromatic N) is 2. The first-order valence-corrected chi connectivity index (χ1v) is 7.85. The summed E-state index contributed by atoms with van der Waals surface area (Å²) in [6.07, 6.45) is 0. The molecule has 1 atom stereocenters. The molecule has 0 aliphatic carbocycles. The number of anilines is 1. The number of benzene rings is 1. The number of piperazine rings is 1. The standard InChI is InChI=1S/C15H24BrN3/c1-4-17-10-13-5-6-14(16)9-15(13)19-8-7-18(3)12(2)11-19/h5-6,9,12,17H,4,7-8,10-11H2,1-3H3. The molecule has 0 aromatic heterocycles. The summed E-state index contributed by atoms with van der Waals surface area (Å²) in [5.74, 6) is 0. The van der Waals surface area contributed by atoms with E-state index in [1.54, 1.807) is 0 Å². The first-order valence-electron chi connectivity index (χ1n) is 7.06. The number of rotatable bonds is 4. The highest BCUT2D eigenvalue weighted by molar-refractivity contribution is 9.10. The lowest BCUT2D eigenvalue weighted by atomic mass is 10.1. The van der Waals surface area contributed by atoms with Gasteiger partial charge in [0.05, 0.1) is 0 Å². The maximum Gasteiger partial charge on any atom is 0.0424 e. The van der Waals surface area contributed by atoms with Crippen molar-refractivity contribution in [2.45, 2.75) is 26.4 Å². The summed E-state index contributed by atoms with van der Waals surface area (Å²) in [4.78, 5) is 4.94. The van der Waals surface area contributed by atoms with Gasteiger partial charge in [0.1, 0.15) is 0 Å². The zero-order valence-electron chi connectivity index (χ0n) is 12.1. The Labute approximate surface area is 125 Å². The van der Waals surface area contributed by atoms with Crippen LogP contribution in [0.15, 0.2) is 22.7 Å². The summed E-state index contributed by atoms with van der Waals surface area (Å²) >= 11 is 3.60. The Kier molecular flexibility index (Phi) is 5.25. The average molecular weight is 326 g/mol. The van der Waals surface area contributed by atoms with Crippen molar-refractivity contribution >= 4 is 21.6 Å². The van der Waals surface area contributed by atoms with Crippen LogP contribution < -0.4 is 10.2 Å². The zero-order valence-corrected chi connectivity index (χ0v) is 13.7. The molecule has 1 unspecified atom stereocenters. The molecule has 1 fully saturated rings. The van der Waals surface area contributed by atoms with Gasteiger partial charge in [-0.15, -0.1) is 0 Å². The number of nitrogens with one attached hydrogen (secondary N) is 1. The number of likely N-dealkylation sites (N-methyl/N-ethyl adjacent to an activating group) is 1. The van der Waals surface area contributed by atoms with Crippen LogP contribution >= 0.6 is 15.9 Å². The summed E-state index contributed by atoms with van der Waals surface area (Å²) in [5, 5.41) is 3.43. The molecule has 1 saturated heterocycles. The highest BCUT2D eigenvalue weighted by Gasteiger charge is 2.22. The van der Waals surface area contributed by atoms with Crippen LogP contribution in [0.2, 0.25) is 0 Å². The van der Waals surface area contributed by atoms with Gasteiger partial charge in [0, 0.05) is 42.4 Å². The molecule has 0 radical (unpaired) electrons. The first kappa shape index (κ1) is 14.8. The van der Waals surface area contributed by atoms with Crippen LogP contribution in [0.3, 0.4) is 0 Å². The van der Waals surface area contributed by atoms with Gasteiger partial charge in [-0.1, -0.05) is 28.9 Å². The van der Waals surface area contributed by atoms with Crippen LogP contribution in [-0.2, 0) is 6.54 Å². The minimum atomic E-state index is 0.611. The second-order valence-electron chi connectivity index (χ2n) is 5.33. The van der Waals surface area contributed by atoms with Crippen LogP contribution in [0.1, 0.15) is 19.4 Å². The van der Waals surface area contributed by atoms with Crippen molar-refractivity contribution in [1.29, 1.82) is 0 Å². The van der Waals surface area contributed by atoms with Gasteiger partial charge in [-0.3, -0.25) is 0 Å². The monoisotopic (exact) mass is 325 g/mol. The maximum absolute atomic E-state index is 3.60. The molecule has 2 rings (SSSR count). The summed E-state index contributed by atoms with van der Waals surface area (Å²) in [6, 6.07) is 7.23. The molecule has 1 aromatic carbocycles. The Morgan fingerprint density at radius 3 is 2.84 bits per heavy atom. The third kappa shape index (κ3) is 3.71. The number of hydrogen-bond donors (Lipinski definition) is 1. The largest absolute Gasteiger partial charge is 0.368 e. The van der Waals surface area contributed by atoms with Crippen LogP contribution in [0.25, 0.3) is 0 Å². The second-order valence-corrected chi connectivity index (χ2v) is 6.24. The number of halogens is 1. The predicted molar refractivity (Wildman–Crippen MR) is 85.8 cm³/mol. The SMILES string of the molecule is CCNCc1ccc(Br)cc1N1CCN(C)C(C)C1. The van der Waals surface area contributed by atoms with Crippen molar-refractivity contribution in [3.63, 3.8) is 0 Å². The third-order valence-corrected chi connectivity index (χ3v) is 4.41. The van der Waals surface area contributed by atoms with E-state index >= 15 is 0 Å². The lowest BCUT2D eigenvalue weighted by molar-refractivity contribution is 0.234. The van der Waals surface area contributed by atoms with Gasteiger partial charge in [0.2, 0.25) is 0 Å². The zero-order chi connectivity index (χ0) is 13.8. The van der Waals surface area contributed by atoms with Crippen molar-refractivity contribution in [2.75, 3.05) is 38.1 Å². The smallest absolute Gasteiger partial charge is 0.0424 e. The van der Waals surface area contributed by atoms with E-state index in [-0.39, 0.29) is 0 Å². The number of hydrogen-bond acceptors (Lipinski definition) is 3. The molecule has 0 amide bonds. The van der Waals surface area contributed by atoms with Gasteiger partial charge in [0.25, 0.3) is 0 Å². The van der Waals surface area contributed by atoms with E-state index in [1.807, 2.05) is 0 Å². The highest BCUT2D eigenvalue weighted by Crippen LogP contribution is 2.27. The van der Waals surface area contributed by atoms with E-state index in [1.165, 1.54) is 11.3 Å². The molecule has 106 valence electrons. The molecule has 0 saturated carbocycles. The van der Waals surface area contributed by atoms with Gasteiger partial charge in [-0.2, -0.15) is 0 Å². The molecule has 0 spiro atoms. The Hall–Kier alpha value is -0.580. The van der Waals surface area contributed by atoms with Gasteiger partial charge in [-0.05, 0) is 38.2 Å². The Bertz CT molecular complexity index is 422. The van der Waals surface area contributed by atoms with Crippen molar-refractivity contribution in [1.82, 2.24) is 10.2 Å². The Balaban J connectivity index is 2.19. The molecular weight excluding hydrogens is 302 g/mol. The fraction of sp³-hybridized carbons (Fsp3) is 0.600. The van der Waals surface area contributed by atoms with Crippen LogP contribution in [0.4, 0.5) is 5.69 Å². The third-order valence-electron chi connectivity index (χ3n) is 3.91. The summed E-state index contributed by atoms with van der Waals surface area (Å²) in [6.45, 7) is 9.75. The van der Waals surface area contributed by atoms with Crippen molar-refractivity contribution < 1.29 is 0 Å². The van der Waals surface area contributed by atoms with E-state index in [4.69, 9.17) is 0 Å². The van der Waals surface area contributed by atoms with Crippen LogP contribution in [0.5, 0.6) is 0 Å². The highest BCUT2D eigenvalue weighted by atomic mass is 79.9. The molecule has 3 nitrogen and oxygen atoms in total. The van der Waals surface area contributed by atoms with Gasteiger partial charge in [0.15, 0.2) is 0 Å². The quantitative estimate of drug-likeness (QED) is 0.918. The molecule has 19 heavy (non-hydrogen) atoms. The first-order chi connectivity index (χ1) is 9.11. The lowest BCUT2D eigenvalue weighted by Crippen LogP contribution is -2.50. The second kappa shape index (κ2) is 6.73. The fourth-order valence-electron chi connectivity index (χ4n) is 2.51. The molecule has 0 bridgehead atoms. The molecule has 1 aliphatic rings. The van der Waals surface area contributed by atoms with Crippen molar-refractivity contribution in [3.8, 4) is 0 Å². The van der Waals surface area contributed by atoms with E-state index in [2.05, 4.69) is 70.1 Å². The van der Waals surface area contributed by atoms with Gasteiger partial charge in [-0.25, -0.2) is 0 Å². The summed E-state index contributed by atoms with van der Waals surface area (Å²) in [7, 11) is 2.21. The van der Waals surface area contributed by atoms with Crippen molar-refractivity contribution in [2.24, 2.45) is 0 Å². The Morgan fingerprint density at radius 2 is 2.16 bits per heavy atom. The van der Waals surface area contributed by atoms with E-state index in [0.717, 1.165) is 37.2 Å². The van der Waals surface area contributed by atoms with E-state index in [9.17, 15) is 0 Å². The summed E-state index contributed by atoms with van der Waals surface area (Å²) < 4.78 is 1.16. The molecule has 1 aliphatic heterocycles. The normalized spacial score (nSPS) is 20.8. The van der Waals surface area contributed by atoms with Crippen LogP contribution in [-0.4, -0.2) is 44.2 Å². The minimum absolute atomic E-state index is 0.611. The average Bonchev–Trinajstić information content (AvgIpc) is 2.40. The Morgan fingerprint density at radius 1 is 1.37 bits per heavy atom. The lowest BCUT2D eigenvalue weighted by Gasteiger charge is -2.40. The van der Waals surface area contributed by atoms with Gasteiger partial charge < -0.3 is 15.1 Å². The van der Waals surface area contributed by atoms with Crippen molar-refractivity contribution in [3.05, 3.63) is 28.2 Å². The fourth-order valence-corrected chi connectivity index (χ4v) is 2.86. The molecule has 1 aromatic rings. The molecule has 1 heterocycles. The maximum atomic E-state index is 3.60. The molecule has 1 N–H and O–H groups in total. The van der Waals surface area contributed by atoms with Gasteiger partial charge >= 0.3 is 0 Å². The molecule has 4 heteroatoms. The molecular formula is C15H24BrN3. The predicted octanol–water partition coefficient (Wildman–Crippen LogP) is 2.70. The topological polar surface area (TPSA) is 18.5 Å². The van der Waals surface area contributed by atoms with Crippen LogP contribution in [0, 0.1) is 0 Å². The van der Waals surface area contributed by atoms with E-state index < -0.39 is 0 Å². The summed E-state index contributed by atoms with van der Waals surface area (Å²) in [5.41, 5.74) is 2.76. The minimum Gasteiger partial charge on any atom is -0.368 e. The van der Waals surface area contributed by atoms with E-state index in [0.29, 0.717) is 6.04 Å².